The van der Waals surface area contributed by atoms with Crippen LogP contribution in [0.25, 0.3) is 0 Å². The van der Waals surface area contributed by atoms with Gasteiger partial charge in [0.1, 0.15) is 6.10 Å². The second kappa shape index (κ2) is 5.51. The molecule has 2 rings (SSSR count). The molecule has 0 spiro atoms. The molecule has 5 atom stereocenters. The Kier molecular flexibility index (Phi) is 4.29. The molecule has 3 nitrogen and oxygen atoms in total. The number of hydrogen-bond acceptors (Lipinski definition) is 3. The van der Waals surface area contributed by atoms with E-state index in [0.717, 1.165) is 12.0 Å². The van der Waals surface area contributed by atoms with Crippen molar-refractivity contribution in [3.05, 3.63) is 11.6 Å². The third kappa shape index (κ3) is 2.65. The lowest BCUT2D eigenvalue weighted by atomic mass is 9.57. The number of carbonyl (C=O) groups excluding carboxylic acids is 1. The van der Waals surface area contributed by atoms with Gasteiger partial charge in [0.25, 0.3) is 0 Å². The zero-order valence-corrected chi connectivity index (χ0v) is 13.3. The minimum Gasteiger partial charge on any atom is -0.458 e. The van der Waals surface area contributed by atoms with Gasteiger partial charge in [0.05, 0.1) is 5.60 Å². The lowest BCUT2D eigenvalue weighted by molar-refractivity contribution is -0.158. The number of fused-ring (bicyclic) bond motifs is 1. The maximum atomic E-state index is 11.2. The Hall–Kier alpha value is -0.830. The van der Waals surface area contributed by atoms with Crippen LogP contribution >= 0.6 is 0 Å². The summed E-state index contributed by atoms with van der Waals surface area (Å²) >= 11 is 0. The SMILES string of the molecule is CC(=O)O[C@@H]1C[C@@]2(O)[C@H](C)CC[C@@H](C(C)C)[C@H]2C=C1C. The summed E-state index contributed by atoms with van der Waals surface area (Å²) in [6, 6.07) is 0. The number of ether oxygens (including phenoxy) is 1. The molecule has 0 aromatic heterocycles. The Labute approximate surface area is 122 Å². The van der Waals surface area contributed by atoms with Gasteiger partial charge in [-0.1, -0.05) is 26.8 Å². The molecule has 3 heteroatoms. The molecule has 0 bridgehead atoms. The highest BCUT2D eigenvalue weighted by Crippen LogP contribution is 2.51. The molecule has 0 saturated heterocycles. The standard InChI is InChI=1S/C17H28O3/c1-10(2)14-7-6-12(4)17(19)9-16(20-13(5)18)11(3)8-15(14)17/h8,10,12,14-16,19H,6-7,9H2,1-5H3/t12-,14+,15-,16-,17-/m1/s1. The summed E-state index contributed by atoms with van der Waals surface area (Å²) in [6.45, 7) is 10.1. The number of esters is 1. The van der Waals surface area contributed by atoms with E-state index in [4.69, 9.17) is 4.74 Å². The molecule has 0 aromatic rings. The molecule has 1 N–H and O–H groups in total. The Balaban J connectivity index is 2.33. The topological polar surface area (TPSA) is 46.5 Å². The van der Waals surface area contributed by atoms with Crippen molar-refractivity contribution in [2.45, 2.75) is 65.6 Å². The van der Waals surface area contributed by atoms with Crippen LogP contribution in [0.15, 0.2) is 11.6 Å². The van der Waals surface area contributed by atoms with E-state index in [-0.39, 0.29) is 23.9 Å². The monoisotopic (exact) mass is 280 g/mol. The summed E-state index contributed by atoms with van der Waals surface area (Å²) in [6.07, 6.45) is 4.69. The molecule has 0 heterocycles. The molecule has 1 fully saturated rings. The van der Waals surface area contributed by atoms with E-state index >= 15 is 0 Å². The molecule has 114 valence electrons. The van der Waals surface area contributed by atoms with Crippen molar-refractivity contribution < 1.29 is 14.6 Å². The average Bonchev–Trinajstić information content (AvgIpc) is 2.32. The molecule has 0 unspecified atom stereocenters. The van der Waals surface area contributed by atoms with E-state index < -0.39 is 5.60 Å². The van der Waals surface area contributed by atoms with Gasteiger partial charge in [-0.15, -0.1) is 0 Å². The van der Waals surface area contributed by atoms with Crippen molar-refractivity contribution in [3.63, 3.8) is 0 Å². The maximum absolute atomic E-state index is 11.2. The fourth-order valence-corrected chi connectivity index (χ4v) is 4.11. The van der Waals surface area contributed by atoms with Gasteiger partial charge < -0.3 is 9.84 Å². The third-order valence-corrected chi connectivity index (χ3v) is 5.45. The summed E-state index contributed by atoms with van der Waals surface area (Å²) < 4.78 is 5.39. The highest BCUT2D eigenvalue weighted by Gasteiger charge is 2.52. The van der Waals surface area contributed by atoms with Crippen LogP contribution in [0.5, 0.6) is 0 Å². The van der Waals surface area contributed by atoms with Crippen molar-refractivity contribution in [2.24, 2.45) is 23.7 Å². The first-order valence-corrected chi connectivity index (χ1v) is 7.83. The van der Waals surface area contributed by atoms with Crippen molar-refractivity contribution in [1.82, 2.24) is 0 Å². The van der Waals surface area contributed by atoms with Crippen LogP contribution < -0.4 is 0 Å². The van der Waals surface area contributed by atoms with Crippen LogP contribution in [-0.2, 0) is 9.53 Å². The summed E-state index contributed by atoms with van der Waals surface area (Å²) in [5.41, 5.74) is 0.363. The molecule has 2 aliphatic rings. The summed E-state index contributed by atoms with van der Waals surface area (Å²) in [4.78, 5) is 11.2. The molecule has 0 aromatic carbocycles. The van der Waals surface area contributed by atoms with E-state index in [1.807, 2.05) is 6.92 Å². The van der Waals surface area contributed by atoms with Crippen LogP contribution in [0.2, 0.25) is 0 Å². The first-order valence-electron chi connectivity index (χ1n) is 7.83. The highest BCUT2D eigenvalue weighted by atomic mass is 16.5. The summed E-state index contributed by atoms with van der Waals surface area (Å²) in [7, 11) is 0. The van der Waals surface area contributed by atoms with Crippen molar-refractivity contribution >= 4 is 5.97 Å². The number of aliphatic hydroxyl groups is 1. The molecule has 0 amide bonds. The Morgan fingerprint density at radius 2 is 2.10 bits per heavy atom. The summed E-state index contributed by atoms with van der Waals surface area (Å²) in [5.74, 6) is 1.26. The highest BCUT2D eigenvalue weighted by molar-refractivity contribution is 5.66. The quantitative estimate of drug-likeness (QED) is 0.623. The van der Waals surface area contributed by atoms with Crippen LogP contribution in [0, 0.1) is 23.7 Å². The van der Waals surface area contributed by atoms with Crippen LogP contribution in [0.1, 0.15) is 53.9 Å². The lowest BCUT2D eigenvalue weighted by Crippen LogP contribution is -2.55. The third-order valence-electron chi connectivity index (χ3n) is 5.45. The second-order valence-corrected chi connectivity index (χ2v) is 7.12. The molecule has 1 saturated carbocycles. The van der Waals surface area contributed by atoms with E-state index in [0.29, 0.717) is 18.3 Å². The number of rotatable bonds is 2. The maximum Gasteiger partial charge on any atom is 0.303 e. The summed E-state index contributed by atoms with van der Waals surface area (Å²) in [5, 5.41) is 11.2. The van der Waals surface area contributed by atoms with Gasteiger partial charge in [-0.3, -0.25) is 4.79 Å². The van der Waals surface area contributed by atoms with Crippen molar-refractivity contribution in [2.75, 3.05) is 0 Å². The van der Waals surface area contributed by atoms with Crippen LogP contribution in [-0.4, -0.2) is 22.8 Å². The minimum atomic E-state index is -0.729. The molecule has 20 heavy (non-hydrogen) atoms. The molecular weight excluding hydrogens is 252 g/mol. The Morgan fingerprint density at radius 1 is 1.45 bits per heavy atom. The largest absolute Gasteiger partial charge is 0.458 e. The first-order chi connectivity index (χ1) is 9.25. The molecule has 2 aliphatic carbocycles. The molecular formula is C17H28O3. The van der Waals surface area contributed by atoms with Crippen molar-refractivity contribution in [3.8, 4) is 0 Å². The van der Waals surface area contributed by atoms with Crippen LogP contribution in [0.4, 0.5) is 0 Å². The Morgan fingerprint density at radius 3 is 2.65 bits per heavy atom. The number of carbonyl (C=O) groups is 1. The zero-order valence-electron chi connectivity index (χ0n) is 13.3. The van der Waals surface area contributed by atoms with E-state index in [1.54, 1.807) is 0 Å². The van der Waals surface area contributed by atoms with Gasteiger partial charge in [-0.25, -0.2) is 0 Å². The Bertz CT molecular complexity index is 412. The van der Waals surface area contributed by atoms with E-state index in [9.17, 15) is 9.90 Å². The first kappa shape index (κ1) is 15.6. The van der Waals surface area contributed by atoms with Gasteiger partial charge in [0.2, 0.25) is 0 Å². The van der Waals surface area contributed by atoms with Crippen LogP contribution in [0.3, 0.4) is 0 Å². The number of hydrogen-bond donors (Lipinski definition) is 1. The average molecular weight is 280 g/mol. The van der Waals surface area contributed by atoms with Gasteiger partial charge in [0, 0.05) is 19.3 Å². The molecule has 0 radical (unpaired) electrons. The predicted octanol–water partition coefficient (Wildman–Crippen LogP) is 3.32. The minimum absolute atomic E-state index is 0.193. The zero-order chi connectivity index (χ0) is 15.1. The normalized spacial score (nSPS) is 41.0. The lowest BCUT2D eigenvalue weighted by Gasteiger charge is -2.52. The molecule has 0 aliphatic heterocycles. The van der Waals surface area contributed by atoms with Gasteiger partial charge >= 0.3 is 5.97 Å². The van der Waals surface area contributed by atoms with Gasteiger partial charge in [0.15, 0.2) is 0 Å². The predicted molar refractivity (Wildman–Crippen MR) is 79.1 cm³/mol. The van der Waals surface area contributed by atoms with Gasteiger partial charge in [-0.2, -0.15) is 0 Å². The van der Waals surface area contributed by atoms with E-state index in [2.05, 4.69) is 26.8 Å². The fraction of sp³-hybridized carbons (Fsp3) is 0.824. The van der Waals surface area contributed by atoms with Crippen molar-refractivity contribution in [1.29, 1.82) is 0 Å². The smallest absolute Gasteiger partial charge is 0.303 e. The van der Waals surface area contributed by atoms with Gasteiger partial charge in [-0.05, 0) is 43.1 Å². The fourth-order valence-electron chi connectivity index (χ4n) is 4.11. The second-order valence-electron chi connectivity index (χ2n) is 7.12. The van der Waals surface area contributed by atoms with E-state index in [1.165, 1.54) is 13.3 Å².